The predicted molar refractivity (Wildman–Crippen MR) is 216 cm³/mol. The first-order valence-corrected chi connectivity index (χ1v) is 23.0. The van der Waals surface area contributed by atoms with Crippen molar-refractivity contribution < 1.29 is 17.9 Å². The highest BCUT2D eigenvalue weighted by molar-refractivity contribution is 7.91. The van der Waals surface area contributed by atoms with Gasteiger partial charge in [0.15, 0.2) is 9.84 Å². The normalized spacial score (nSPS) is 41.2. The van der Waals surface area contributed by atoms with Crippen LogP contribution >= 0.6 is 0 Å². The van der Waals surface area contributed by atoms with Crippen molar-refractivity contribution in [3.05, 3.63) is 41.5 Å². The Kier molecular flexibility index (Phi) is 10.4. The van der Waals surface area contributed by atoms with Gasteiger partial charge in [0, 0.05) is 37.8 Å². The molecule has 1 aliphatic heterocycles. The summed E-state index contributed by atoms with van der Waals surface area (Å²) in [4.78, 5) is 17.1. The van der Waals surface area contributed by atoms with E-state index in [0.717, 1.165) is 19.5 Å². The number of nitrogens with zero attached hydrogens (tertiary/aromatic N) is 2. The molecule has 1 aromatic rings. The van der Waals surface area contributed by atoms with Crippen LogP contribution in [0.1, 0.15) is 122 Å². The number of hydrogen-bond acceptors (Lipinski definition) is 7. The van der Waals surface area contributed by atoms with Crippen molar-refractivity contribution in [2.24, 2.45) is 51.2 Å². The Morgan fingerprint density at radius 1 is 0.925 bits per heavy atom. The molecule has 0 aromatic heterocycles. The van der Waals surface area contributed by atoms with E-state index in [2.05, 4.69) is 89.0 Å². The van der Waals surface area contributed by atoms with Gasteiger partial charge in [0.1, 0.15) is 0 Å². The second-order valence-electron chi connectivity index (χ2n) is 20.1. The quantitative estimate of drug-likeness (QED) is 0.271. The highest BCUT2D eigenvalue weighted by Gasteiger charge is 2.70. The summed E-state index contributed by atoms with van der Waals surface area (Å²) < 4.78 is 29.2. The molecule has 7 nitrogen and oxygen atoms in total. The first-order valence-electron chi connectivity index (χ1n) is 21.2. The molecule has 10 atom stereocenters. The lowest BCUT2D eigenvalue weighted by molar-refractivity contribution is -0.231. The number of fused-ring (bicyclic) bond motifs is 7. The lowest BCUT2D eigenvalue weighted by atomic mass is 9.32. The van der Waals surface area contributed by atoms with Crippen molar-refractivity contribution in [2.75, 3.05) is 58.9 Å². The van der Waals surface area contributed by atoms with Gasteiger partial charge in [0.25, 0.3) is 0 Å². The summed E-state index contributed by atoms with van der Waals surface area (Å²) in [6.07, 6.45) is 15.4. The molecule has 53 heavy (non-hydrogen) atoms. The zero-order chi connectivity index (χ0) is 38.2. The summed E-state index contributed by atoms with van der Waals surface area (Å²) in [7, 11) is 3.17. The molecule has 1 N–H and O–H groups in total. The van der Waals surface area contributed by atoms with Crippen LogP contribution in [0.5, 0.6) is 0 Å². The Bertz CT molecular complexity index is 1660. The summed E-state index contributed by atoms with van der Waals surface area (Å²) in [5.41, 5.74) is 4.34. The molecule has 6 aliphatic rings. The van der Waals surface area contributed by atoms with Crippen molar-refractivity contribution in [3.8, 4) is 0 Å². The fraction of sp³-hybridized carbons (Fsp3) is 0.800. The average molecular weight is 750 g/mol. The van der Waals surface area contributed by atoms with Gasteiger partial charge in [0.2, 0.25) is 0 Å². The van der Waals surface area contributed by atoms with Gasteiger partial charge in [0.05, 0.1) is 24.2 Å². The Balaban J connectivity index is 1.17. The minimum Gasteiger partial charge on any atom is -0.465 e. The Morgan fingerprint density at radius 2 is 1.62 bits per heavy atom. The first-order chi connectivity index (χ1) is 24.9. The number of rotatable bonds is 8. The van der Waals surface area contributed by atoms with Gasteiger partial charge in [-0.3, -0.25) is 0 Å². The molecule has 0 spiro atoms. The van der Waals surface area contributed by atoms with Crippen molar-refractivity contribution in [2.45, 2.75) is 117 Å². The second kappa shape index (κ2) is 14.0. The lowest BCUT2D eigenvalue weighted by Gasteiger charge is -2.74. The predicted octanol–water partition coefficient (Wildman–Crippen LogP) is 7.96. The SMILES string of the molecule is COC(=O)c1ccc(C2=CC[C@]3(C)[C@H]4CC[C@@H]5[C@H]6C(C(C)N(C)C)CCC[C@]6(NCCN6CCS(=O)(=O)CC6)CC[C@@]5(C)[C@]4(C)CC[C@H]3C2(C)C)cc1. The van der Waals surface area contributed by atoms with Gasteiger partial charge >= 0.3 is 5.97 Å². The second-order valence-corrected chi connectivity index (χ2v) is 22.4. The van der Waals surface area contributed by atoms with Gasteiger partial charge in [-0.25, -0.2) is 13.2 Å². The summed E-state index contributed by atoms with van der Waals surface area (Å²) in [6, 6.07) is 8.67. The molecule has 0 bridgehead atoms. The summed E-state index contributed by atoms with van der Waals surface area (Å²) in [5, 5.41) is 4.32. The van der Waals surface area contributed by atoms with Crippen LogP contribution in [-0.4, -0.2) is 94.7 Å². The van der Waals surface area contributed by atoms with Crippen molar-refractivity contribution in [3.63, 3.8) is 0 Å². The number of carbonyl (C=O) groups is 1. The third-order valence-corrected chi connectivity index (χ3v) is 19.3. The van der Waals surface area contributed by atoms with E-state index >= 15 is 0 Å². The van der Waals surface area contributed by atoms with E-state index in [1.165, 1.54) is 76.0 Å². The number of ether oxygens (including phenoxy) is 1. The summed E-state index contributed by atoms with van der Waals surface area (Å²) in [5.74, 6) is 3.67. The summed E-state index contributed by atoms with van der Waals surface area (Å²) in [6.45, 7) is 18.9. The van der Waals surface area contributed by atoms with E-state index in [9.17, 15) is 13.2 Å². The maximum absolute atomic E-state index is 12.2. The van der Waals surface area contributed by atoms with Crippen LogP contribution in [0.2, 0.25) is 0 Å². The number of nitrogens with one attached hydrogen (secondary N) is 1. The maximum Gasteiger partial charge on any atom is 0.337 e. The molecule has 1 heterocycles. The van der Waals surface area contributed by atoms with Crippen molar-refractivity contribution in [1.29, 1.82) is 0 Å². The van der Waals surface area contributed by atoms with Crippen LogP contribution < -0.4 is 5.32 Å². The maximum atomic E-state index is 12.2. The highest BCUT2D eigenvalue weighted by Crippen LogP contribution is 2.76. The number of esters is 1. The molecule has 1 aromatic carbocycles. The van der Waals surface area contributed by atoms with Crippen molar-refractivity contribution >= 4 is 21.4 Å². The number of methoxy groups -OCH3 is 1. The molecule has 5 aliphatic carbocycles. The minimum atomic E-state index is -2.87. The Labute approximate surface area is 322 Å². The zero-order valence-corrected chi connectivity index (χ0v) is 35.4. The third kappa shape index (κ3) is 6.40. The monoisotopic (exact) mass is 750 g/mol. The lowest BCUT2D eigenvalue weighted by Crippen LogP contribution is -2.71. The highest BCUT2D eigenvalue weighted by atomic mass is 32.2. The molecule has 2 unspecified atom stereocenters. The average Bonchev–Trinajstić information content (AvgIpc) is 3.11. The molecule has 0 radical (unpaired) electrons. The van der Waals surface area contributed by atoms with E-state index in [0.29, 0.717) is 76.6 Å². The molecule has 0 amide bonds. The van der Waals surface area contributed by atoms with Crippen molar-refractivity contribution in [1.82, 2.24) is 15.1 Å². The molecule has 296 valence electrons. The largest absolute Gasteiger partial charge is 0.465 e. The zero-order valence-electron chi connectivity index (χ0n) is 34.6. The van der Waals surface area contributed by atoms with E-state index in [1.54, 1.807) is 0 Å². The fourth-order valence-electron chi connectivity index (χ4n) is 14.5. The first kappa shape index (κ1) is 39.5. The molecular weight excluding hydrogens is 679 g/mol. The summed E-state index contributed by atoms with van der Waals surface area (Å²) >= 11 is 0. The van der Waals surface area contributed by atoms with Gasteiger partial charge in [-0.2, -0.15) is 0 Å². The number of carbonyl (C=O) groups excluding carboxylic acids is 1. The minimum absolute atomic E-state index is 0.0403. The number of hydrogen-bond donors (Lipinski definition) is 1. The number of allylic oxidation sites excluding steroid dienone is 2. The van der Waals surface area contributed by atoms with E-state index < -0.39 is 9.84 Å². The molecule has 5 fully saturated rings. The number of sulfone groups is 1. The standard InChI is InChI=1S/C45H71N3O4S/c1-31(47(7)8)34-11-10-20-45(46-25-26-48-27-29-53(50,51)30-28-48)24-23-43(5)36(39(34)45)16-17-38-42(4)21-18-35(32-12-14-33(15-13-32)40(49)52-9)41(2,3)37(42)19-22-44(38,43)6/h12-15,18,31,34,36-39,46H,10-11,16-17,19-30H2,1-9H3/t31?,34?,36-,37+,38-,39-,42+,43-,44-,45+/m1/s1. The third-order valence-electron chi connectivity index (χ3n) is 17.7. The van der Waals surface area contributed by atoms with Gasteiger partial charge in [-0.1, -0.05) is 59.2 Å². The molecule has 7 rings (SSSR count). The molecule has 8 heteroatoms. The van der Waals surface area contributed by atoms with Gasteiger partial charge in [-0.15, -0.1) is 0 Å². The van der Waals surface area contributed by atoms with E-state index in [-0.39, 0.29) is 22.3 Å². The molecular formula is C45H71N3O4S. The molecule has 1 saturated heterocycles. The molecule has 4 saturated carbocycles. The van der Waals surface area contributed by atoms with Gasteiger partial charge < -0.3 is 19.9 Å². The topological polar surface area (TPSA) is 79.0 Å². The van der Waals surface area contributed by atoms with Crippen LogP contribution in [0.25, 0.3) is 5.57 Å². The Hall–Kier alpha value is -1.74. The van der Waals surface area contributed by atoms with E-state index in [4.69, 9.17) is 4.74 Å². The van der Waals surface area contributed by atoms with Crippen LogP contribution in [0.4, 0.5) is 0 Å². The van der Waals surface area contributed by atoms with Crippen LogP contribution in [-0.2, 0) is 14.6 Å². The van der Waals surface area contributed by atoms with E-state index in [1.807, 2.05) is 12.1 Å². The van der Waals surface area contributed by atoms with Crippen LogP contribution in [0.3, 0.4) is 0 Å². The van der Waals surface area contributed by atoms with Gasteiger partial charge in [-0.05, 0) is 153 Å². The smallest absolute Gasteiger partial charge is 0.337 e. The Morgan fingerprint density at radius 3 is 2.28 bits per heavy atom. The fourth-order valence-corrected chi connectivity index (χ4v) is 15.8. The number of benzene rings is 1. The van der Waals surface area contributed by atoms with Crippen LogP contribution in [0, 0.1) is 51.2 Å². The van der Waals surface area contributed by atoms with Crippen LogP contribution in [0.15, 0.2) is 30.3 Å².